The zero-order valence-electron chi connectivity index (χ0n) is 61.5. The number of rotatable bonds is 27. The van der Waals surface area contributed by atoms with E-state index in [4.69, 9.17) is 33.2 Å². The van der Waals surface area contributed by atoms with Gasteiger partial charge in [0, 0.05) is 19.6 Å². The summed E-state index contributed by atoms with van der Waals surface area (Å²) < 4.78 is 64.3. The summed E-state index contributed by atoms with van der Waals surface area (Å²) in [4.78, 5) is 6.34. The van der Waals surface area contributed by atoms with Crippen molar-refractivity contribution in [3.8, 4) is 23.0 Å². The van der Waals surface area contributed by atoms with Gasteiger partial charge in [-0.15, -0.1) is 5.56 Å². The van der Waals surface area contributed by atoms with Crippen LogP contribution in [0.1, 0.15) is 118 Å². The molecule has 1 radical (unpaired) electrons. The first-order valence-corrected chi connectivity index (χ1v) is 34.2. The average molecular weight is 1390 g/mol. The maximum absolute atomic E-state index is 9.67. The Kier molecular flexibility index (Phi) is 34.7. The minimum Gasteiger partial charge on any atom is -0.537 e. The van der Waals surface area contributed by atoms with E-state index in [0.29, 0.717) is 33.3 Å². The van der Waals surface area contributed by atoms with Gasteiger partial charge in [0.2, 0.25) is 0 Å². The molecule has 1 saturated heterocycles. The Balaban J connectivity index is 0.000000233. The van der Waals surface area contributed by atoms with Crippen LogP contribution in [-0.4, -0.2) is 135 Å². The molecule has 17 heteroatoms. The number of halogens is 3. The standard InChI is InChI=1S/C32H40BNO3.C26H29BNO3.C26H28NO.BF3.K/c1-8-29(24-12-10-9-11-13-24)30(26-16-20-28(21-17-26)35-23-22-34(6)7)25-14-18-27(19-15-25)33-36-31(2,3)32(4,5)37-33;1-4-25(20-8-6-5-7-9-20)26(22-12-16-24(17-13-22)31-27-29)21-10-14-23(15-11-21)30-19-18-28(2)3;1-4-25(21-11-7-5-8-12-21)26(22-13-9-6-10-14-22)23-15-17-24(18-16-23)28-20-19-27(2)3;2-1(3)4;/h9-21H,8,22-23H2,1-7H3;5-17,29H,4,18-19H2,1-3H3;5,7-18H,4,19-20H2,1-3H3;;/q;;-1;;+1. The van der Waals surface area contributed by atoms with Gasteiger partial charge in [-0.2, -0.15) is 30.3 Å². The van der Waals surface area contributed by atoms with Crippen LogP contribution >= 0.6 is 0 Å². The van der Waals surface area contributed by atoms with E-state index < -0.39 is 7.54 Å². The maximum atomic E-state index is 9.67. The summed E-state index contributed by atoms with van der Waals surface area (Å²) in [5.74, 6) is 3.25. The number of ether oxygens (including phenoxy) is 3. The third-order valence-electron chi connectivity index (χ3n) is 17.2. The molecule has 101 heavy (non-hydrogen) atoms. The second-order valence-electron chi connectivity index (χ2n) is 25.7. The molecule has 0 aromatic heterocycles. The minimum absolute atomic E-state index is 0. The molecule has 0 saturated carbocycles. The van der Waals surface area contributed by atoms with Crippen molar-refractivity contribution in [3.63, 3.8) is 0 Å². The molecule has 1 N–H and O–H groups in total. The molecule has 1 heterocycles. The van der Waals surface area contributed by atoms with Crippen molar-refractivity contribution >= 4 is 61.2 Å². The first kappa shape index (κ1) is 82.7. The monoisotopic (exact) mass is 1390 g/mol. The van der Waals surface area contributed by atoms with Crippen molar-refractivity contribution in [1.29, 1.82) is 0 Å². The molecule has 1 aliphatic heterocycles. The quantitative estimate of drug-likeness (QED) is 0.0305. The van der Waals surface area contributed by atoms with Gasteiger partial charge >= 0.3 is 73.7 Å². The first-order valence-electron chi connectivity index (χ1n) is 34.2. The molecule has 0 atom stereocenters. The molecule has 521 valence electrons. The van der Waals surface area contributed by atoms with E-state index in [1.807, 2.05) is 68.7 Å². The Bertz CT molecular complexity index is 3930. The van der Waals surface area contributed by atoms with Crippen LogP contribution in [0.3, 0.4) is 0 Å². The Morgan fingerprint density at radius 2 is 0.663 bits per heavy atom. The molecule has 9 aromatic rings. The summed E-state index contributed by atoms with van der Waals surface area (Å²) in [6.45, 7) is 19.6. The molecule has 0 amide bonds. The Hall–Kier alpha value is -7.22. The Morgan fingerprint density at radius 1 is 0.406 bits per heavy atom. The number of benzene rings is 9. The van der Waals surface area contributed by atoms with Gasteiger partial charge in [0.25, 0.3) is 0 Å². The second-order valence-corrected chi connectivity index (χ2v) is 25.7. The number of hydrogen-bond acceptors (Lipinski definition) is 10. The molecule has 1 aliphatic rings. The van der Waals surface area contributed by atoms with E-state index in [1.54, 1.807) is 0 Å². The molecular weight excluding hydrogens is 1290 g/mol. The van der Waals surface area contributed by atoms with Crippen LogP contribution in [0.15, 0.2) is 237 Å². The molecule has 10 nitrogen and oxygen atoms in total. The topological polar surface area (TPSA) is 85.3 Å². The van der Waals surface area contributed by atoms with Gasteiger partial charge in [-0.25, -0.2) is 0 Å². The van der Waals surface area contributed by atoms with E-state index in [9.17, 15) is 12.9 Å². The summed E-state index contributed by atoms with van der Waals surface area (Å²) in [5.41, 5.74) is 18.6. The normalized spacial score (nSPS) is 13.5. The van der Waals surface area contributed by atoms with Crippen LogP contribution in [0.2, 0.25) is 0 Å². The number of likely N-dealkylation sites (N-methyl/N-ethyl adjacent to an activating group) is 3. The minimum atomic E-state index is -3.67. The van der Waals surface area contributed by atoms with Gasteiger partial charge in [-0.3, -0.25) is 12.9 Å². The number of allylic oxidation sites excluding steroid dienone is 3. The maximum Gasteiger partial charge on any atom is 1.00 e. The molecular formula is C84H97B3F3KN3O7. The zero-order chi connectivity index (χ0) is 72.0. The van der Waals surface area contributed by atoms with Gasteiger partial charge in [0.1, 0.15) is 42.8 Å². The van der Waals surface area contributed by atoms with E-state index >= 15 is 0 Å². The fraction of sp³-hybridized carbons (Fsp3) is 0.286. The van der Waals surface area contributed by atoms with Crippen molar-refractivity contribution in [2.45, 2.75) is 78.9 Å². The number of nitrogens with zero attached hydrogens (tertiary/aromatic N) is 3. The summed E-state index contributed by atoms with van der Waals surface area (Å²) in [5, 5.41) is 8.90. The Morgan fingerprint density at radius 3 is 0.921 bits per heavy atom. The molecule has 9 aromatic carbocycles. The smallest absolute Gasteiger partial charge is 0.537 e. The molecule has 0 bridgehead atoms. The number of hydrogen-bond donors (Lipinski definition) is 1. The van der Waals surface area contributed by atoms with Crippen LogP contribution in [0, 0.1) is 6.07 Å². The molecule has 0 aliphatic carbocycles. The van der Waals surface area contributed by atoms with Crippen molar-refractivity contribution in [1.82, 2.24) is 14.7 Å². The fourth-order valence-corrected chi connectivity index (χ4v) is 11.3. The predicted octanol–water partition coefficient (Wildman–Crippen LogP) is 14.9. The van der Waals surface area contributed by atoms with E-state index in [2.05, 4.69) is 279 Å². The van der Waals surface area contributed by atoms with Crippen LogP contribution < -0.4 is 75.7 Å². The fourth-order valence-electron chi connectivity index (χ4n) is 11.3. The van der Waals surface area contributed by atoms with E-state index in [0.717, 1.165) is 72.7 Å². The van der Waals surface area contributed by atoms with Crippen molar-refractivity contribution in [3.05, 3.63) is 293 Å². The first-order chi connectivity index (χ1) is 48.1. The third kappa shape index (κ3) is 25.6. The van der Waals surface area contributed by atoms with Crippen LogP contribution in [0.25, 0.3) is 33.4 Å². The predicted molar refractivity (Wildman–Crippen MR) is 411 cm³/mol. The molecule has 0 unspecified atom stereocenters. The van der Waals surface area contributed by atoms with Crippen molar-refractivity contribution < 1.29 is 97.5 Å². The summed E-state index contributed by atoms with van der Waals surface area (Å²) in [6.07, 6.45) is 2.77. The summed E-state index contributed by atoms with van der Waals surface area (Å²) >= 11 is 0. The SMILES string of the molecule is CCC(=C(c1cc[c-]cc1)c1ccc(OCCN(C)C)cc1)c1ccccc1.CCC(=C(c1ccc(OCCN(C)C)cc1)c1ccc(B2OC(C)(C)C(C)(C)O2)cc1)c1ccccc1.CCC(=C(c1ccc(O[B]O)cc1)c1ccc(OCCN(C)C)cc1)c1ccccc1.FB(F)F.[K+]. The second kappa shape index (κ2) is 42.4. The van der Waals surface area contributed by atoms with Gasteiger partial charge in [-0.1, -0.05) is 185 Å². The van der Waals surface area contributed by atoms with Gasteiger partial charge in [-0.05, 0) is 221 Å². The molecule has 1 fully saturated rings. The largest absolute Gasteiger partial charge is 1.00 e. The van der Waals surface area contributed by atoms with Crippen LogP contribution in [0.5, 0.6) is 23.0 Å². The Labute approximate surface area is 644 Å². The summed E-state index contributed by atoms with van der Waals surface area (Å²) in [7, 11) is 8.94. The van der Waals surface area contributed by atoms with Crippen LogP contribution in [0.4, 0.5) is 12.9 Å². The molecule has 0 spiro atoms. The van der Waals surface area contributed by atoms with Gasteiger partial charge in [0.05, 0.1) is 11.2 Å². The van der Waals surface area contributed by atoms with Crippen LogP contribution in [-0.2, 0) is 9.31 Å². The van der Waals surface area contributed by atoms with Gasteiger partial charge in [0.15, 0.2) is 0 Å². The third-order valence-corrected chi connectivity index (χ3v) is 17.2. The van der Waals surface area contributed by atoms with Gasteiger partial charge < -0.3 is 47.9 Å². The summed E-state index contributed by atoms with van der Waals surface area (Å²) in [6, 6.07) is 84.8. The van der Waals surface area contributed by atoms with E-state index in [1.165, 1.54) is 72.4 Å². The van der Waals surface area contributed by atoms with E-state index in [-0.39, 0.29) is 69.7 Å². The van der Waals surface area contributed by atoms with Crippen molar-refractivity contribution in [2.24, 2.45) is 0 Å². The molecule has 10 rings (SSSR count). The van der Waals surface area contributed by atoms with Crippen molar-refractivity contribution in [2.75, 3.05) is 81.7 Å². The average Bonchev–Trinajstić information content (AvgIpc) is 1.62. The zero-order valence-corrected chi connectivity index (χ0v) is 64.6.